The Morgan fingerprint density at radius 3 is 2.55 bits per heavy atom. The van der Waals surface area contributed by atoms with Crippen molar-refractivity contribution in [3.63, 3.8) is 0 Å². The van der Waals surface area contributed by atoms with E-state index in [9.17, 15) is 9.59 Å². The zero-order valence-electron chi connectivity index (χ0n) is 11.4. The zero-order valence-corrected chi connectivity index (χ0v) is 11.4. The van der Waals surface area contributed by atoms with Gasteiger partial charge in [-0.15, -0.1) is 0 Å². The fraction of sp³-hybridized carbons (Fsp3) is 0.357. The van der Waals surface area contributed by atoms with Crippen LogP contribution in [0.1, 0.15) is 19.4 Å². The molecule has 20 heavy (non-hydrogen) atoms. The van der Waals surface area contributed by atoms with Crippen molar-refractivity contribution in [2.45, 2.75) is 20.0 Å². The standard InChI is InChI=1S/C14H16N2O4/c1-3-19-13(17)9-16-14(18)10(2)20-12-6-4-11(8-15)5-7-12/h4-7,10H,3,9H2,1-2H3,(H,16,18). The lowest BCUT2D eigenvalue weighted by molar-refractivity contribution is -0.144. The van der Waals surface area contributed by atoms with E-state index in [1.807, 2.05) is 6.07 Å². The van der Waals surface area contributed by atoms with E-state index in [-0.39, 0.29) is 13.2 Å². The molecule has 1 amide bonds. The molecule has 0 aliphatic heterocycles. The fourth-order valence-electron chi connectivity index (χ4n) is 1.38. The molecule has 0 spiro atoms. The lowest BCUT2D eigenvalue weighted by Crippen LogP contribution is -2.39. The van der Waals surface area contributed by atoms with E-state index in [0.717, 1.165) is 0 Å². The topological polar surface area (TPSA) is 88.4 Å². The maximum absolute atomic E-state index is 11.7. The van der Waals surface area contributed by atoms with Gasteiger partial charge in [0, 0.05) is 0 Å². The number of nitrogens with zero attached hydrogens (tertiary/aromatic N) is 1. The number of ether oxygens (including phenoxy) is 2. The molecule has 0 aliphatic carbocycles. The van der Waals surface area contributed by atoms with Gasteiger partial charge in [-0.2, -0.15) is 5.26 Å². The summed E-state index contributed by atoms with van der Waals surface area (Å²) in [5, 5.41) is 11.1. The lowest BCUT2D eigenvalue weighted by atomic mass is 10.2. The van der Waals surface area contributed by atoms with E-state index in [1.54, 1.807) is 38.1 Å². The van der Waals surface area contributed by atoms with E-state index >= 15 is 0 Å². The van der Waals surface area contributed by atoms with Gasteiger partial charge in [-0.05, 0) is 38.1 Å². The summed E-state index contributed by atoms with van der Waals surface area (Å²) >= 11 is 0. The number of esters is 1. The Morgan fingerprint density at radius 1 is 1.35 bits per heavy atom. The van der Waals surface area contributed by atoms with Crippen molar-refractivity contribution in [1.29, 1.82) is 5.26 Å². The summed E-state index contributed by atoms with van der Waals surface area (Å²) in [6.07, 6.45) is -0.752. The van der Waals surface area contributed by atoms with Crippen LogP contribution in [0, 0.1) is 11.3 Å². The minimum absolute atomic E-state index is 0.187. The van der Waals surface area contributed by atoms with Crippen LogP contribution in [0.15, 0.2) is 24.3 Å². The fourth-order valence-corrected chi connectivity index (χ4v) is 1.38. The van der Waals surface area contributed by atoms with Gasteiger partial charge in [-0.3, -0.25) is 9.59 Å². The first kappa shape index (κ1) is 15.5. The second-order valence-electron chi connectivity index (χ2n) is 3.92. The van der Waals surface area contributed by atoms with Crippen LogP contribution in [-0.4, -0.2) is 31.1 Å². The number of benzene rings is 1. The molecule has 6 heteroatoms. The third kappa shape index (κ3) is 4.98. The molecule has 6 nitrogen and oxygen atoms in total. The van der Waals surface area contributed by atoms with Gasteiger partial charge in [0.15, 0.2) is 6.10 Å². The maximum atomic E-state index is 11.7. The minimum atomic E-state index is -0.752. The van der Waals surface area contributed by atoms with Crippen LogP contribution in [0.3, 0.4) is 0 Å². The average Bonchev–Trinajstić information content (AvgIpc) is 2.45. The van der Waals surface area contributed by atoms with Gasteiger partial charge in [0.05, 0.1) is 18.2 Å². The van der Waals surface area contributed by atoms with Gasteiger partial charge >= 0.3 is 5.97 Å². The molecule has 0 aromatic heterocycles. The van der Waals surface area contributed by atoms with Crippen molar-refractivity contribution >= 4 is 11.9 Å². The van der Waals surface area contributed by atoms with Crippen molar-refractivity contribution in [3.8, 4) is 11.8 Å². The van der Waals surface area contributed by atoms with Gasteiger partial charge in [0.1, 0.15) is 12.3 Å². The Bertz CT molecular complexity index is 505. The van der Waals surface area contributed by atoms with Crippen molar-refractivity contribution in [3.05, 3.63) is 29.8 Å². The predicted molar refractivity (Wildman–Crippen MR) is 70.9 cm³/mol. The van der Waals surface area contributed by atoms with Crippen LogP contribution in [0.2, 0.25) is 0 Å². The first-order valence-electron chi connectivity index (χ1n) is 6.17. The first-order valence-corrected chi connectivity index (χ1v) is 6.17. The molecule has 1 unspecified atom stereocenters. The average molecular weight is 276 g/mol. The van der Waals surface area contributed by atoms with E-state index < -0.39 is 18.0 Å². The monoisotopic (exact) mass is 276 g/mol. The summed E-state index contributed by atoms with van der Waals surface area (Å²) in [6, 6.07) is 8.39. The van der Waals surface area contributed by atoms with Crippen molar-refractivity contribution in [2.24, 2.45) is 0 Å². The smallest absolute Gasteiger partial charge is 0.325 e. The molecule has 1 atom stereocenters. The van der Waals surface area contributed by atoms with E-state index in [1.165, 1.54) is 0 Å². The van der Waals surface area contributed by atoms with Crippen LogP contribution in [0.4, 0.5) is 0 Å². The van der Waals surface area contributed by atoms with Crippen molar-refractivity contribution < 1.29 is 19.1 Å². The van der Waals surface area contributed by atoms with E-state index in [4.69, 9.17) is 14.7 Å². The molecular formula is C14H16N2O4. The van der Waals surface area contributed by atoms with Gasteiger partial charge < -0.3 is 14.8 Å². The number of nitriles is 1. The van der Waals surface area contributed by atoms with Crippen LogP contribution in [0.5, 0.6) is 5.75 Å². The number of hydrogen-bond donors (Lipinski definition) is 1. The Labute approximate surface area is 117 Å². The summed E-state index contributed by atoms with van der Waals surface area (Å²) in [7, 11) is 0. The van der Waals surface area contributed by atoms with Gasteiger partial charge in [0.25, 0.3) is 5.91 Å². The molecule has 0 saturated carbocycles. The molecule has 1 aromatic rings. The highest BCUT2D eigenvalue weighted by atomic mass is 16.5. The Morgan fingerprint density at radius 2 is 2.00 bits per heavy atom. The normalized spacial score (nSPS) is 11.1. The number of carbonyl (C=O) groups is 2. The molecule has 1 N–H and O–H groups in total. The quantitative estimate of drug-likeness (QED) is 0.783. The van der Waals surface area contributed by atoms with E-state index in [2.05, 4.69) is 5.32 Å². The Hall–Kier alpha value is -2.55. The highest BCUT2D eigenvalue weighted by molar-refractivity contribution is 5.84. The third-order valence-corrected chi connectivity index (χ3v) is 2.38. The molecule has 1 rings (SSSR count). The highest BCUT2D eigenvalue weighted by Crippen LogP contribution is 2.13. The molecule has 0 aliphatic rings. The molecule has 106 valence electrons. The molecule has 0 radical (unpaired) electrons. The summed E-state index contributed by atoms with van der Waals surface area (Å²) < 4.78 is 10.1. The molecule has 1 aromatic carbocycles. The molecular weight excluding hydrogens is 260 g/mol. The second kappa shape index (κ2) is 7.79. The number of amides is 1. The molecule has 0 fully saturated rings. The summed E-state index contributed by atoms with van der Waals surface area (Å²) in [6.45, 7) is 3.34. The highest BCUT2D eigenvalue weighted by Gasteiger charge is 2.15. The summed E-state index contributed by atoms with van der Waals surface area (Å²) in [5.74, 6) is -0.434. The third-order valence-electron chi connectivity index (χ3n) is 2.38. The Kier molecular flexibility index (Phi) is 6.04. The lowest BCUT2D eigenvalue weighted by Gasteiger charge is -2.14. The first-order chi connectivity index (χ1) is 9.56. The van der Waals surface area contributed by atoms with Crippen LogP contribution >= 0.6 is 0 Å². The van der Waals surface area contributed by atoms with Crippen molar-refractivity contribution in [2.75, 3.05) is 13.2 Å². The van der Waals surface area contributed by atoms with Gasteiger partial charge in [-0.1, -0.05) is 0 Å². The molecule has 0 saturated heterocycles. The van der Waals surface area contributed by atoms with Crippen molar-refractivity contribution in [1.82, 2.24) is 5.32 Å². The molecule has 0 heterocycles. The summed E-state index contributed by atoms with van der Waals surface area (Å²) in [5.41, 5.74) is 0.511. The Balaban J connectivity index is 2.44. The predicted octanol–water partition coefficient (Wildman–Crippen LogP) is 1.00. The maximum Gasteiger partial charge on any atom is 0.325 e. The number of nitrogens with one attached hydrogen (secondary N) is 1. The zero-order chi connectivity index (χ0) is 15.0. The van der Waals surface area contributed by atoms with Gasteiger partial charge in [0.2, 0.25) is 0 Å². The number of hydrogen-bond acceptors (Lipinski definition) is 5. The van der Waals surface area contributed by atoms with Crippen LogP contribution < -0.4 is 10.1 Å². The number of carbonyl (C=O) groups excluding carboxylic acids is 2. The van der Waals surface area contributed by atoms with E-state index in [0.29, 0.717) is 11.3 Å². The molecule has 0 bridgehead atoms. The van der Waals surface area contributed by atoms with Crippen LogP contribution in [-0.2, 0) is 14.3 Å². The second-order valence-corrected chi connectivity index (χ2v) is 3.92. The summed E-state index contributed by atoms with van der Waals surface area (Å²) in [4.78, 5) is 22.8. The van der Waals surface area contributed by atoms with Gasteiger partial charge in [-0.25, -0.2) is 0 Å². The largest absolute Gasteiger partial charge is 0.481 e. The van der Waals surface area contributed by atoms with Crippen LogP contribution in [0.25, 0.3) is 0 Å². The SMILES string of the molecule is CCOC(=O)CNC(=O)C(C)Oc1ccc(C#N)cc1. The number of rotatable bonds is 6. The minimum Gasteiger partial charge on any atom is -0.481 e.